The van der Waals surface area contributed by atoms with Gasteiger partial charge in [-0.15, -0.1) is 0 Å². The van der Waals surface area contributed by atoms with Crippen molar-refractivity contribution in [2.24, 2.45) is 0 Å². The molecule has 1 aromatic carbocycles. The largest absolute Gasteiger partial charge is 0.394 e. The van der Waals surface area contributed by atoms with Gasteiger partial charge in [0.2, 0.25) is 0 Å². The Labute approximate surface area is 129 Å². The summed E-state index contributed by atoms with van der Waals surface area (Å²) in [4.78, 5) is 24.9. The number of nitro groups is 1. The third-order valence-electron chi connectivity index (χ3n) is 3.93. The van der Waals surface area contributed by atoms with Gasteiger partial charge in [-0.05, 0) is 31.4 Å². The number of amides is 1. The zero-order chi connectivity index (χ0) is 16.1. The van der Waals surface area contributed by atoms with Crippen LogP contribution >= 0.6 is 0 Å². The minimum absolute atomic E-state index is 0.0494. The maximum Gasteiger partial charge on any atom is 0.293 e. The van der Waals surface area contributed by atoms with Crippen LogP contribution in [0.4, 0.5) is 11.4 Å². The molecule has 7 heteroatoms. The number of hydrogen-bond donors (Lipinski definition) is 2. The molecule has 2 rings (SSSR count). The fraction of sp³-hybridized carbons (Fsp3) is 0.533. The number of aliphatic hydroxyl groups excluding tert-OH is 1. The molecule has 2 N–H and O–H groups in total. The predicted molar refractivity (Wildman–Crippen MR) is 83.2 cm³/mol. The molecule has 1 atom stereocenters. The fourth-order valence-corrected chi connectivity index (χ4v) is 2.58. The summed E-state index contributed by atoms with van der Waals surface area (Å²) in [6.07, 6.45) is 2.64. The summed E-state index contributed by atoms with van der Waals surface area (Å²) in [5.41, 5.74) is 0.751. The first-order chi connectivity index (χ1) is 10.6. The first-order valence-electron chi connectivity index (χ1n) is 7.52. The van der Waals surface area contributed by atoms with Crippen molar-refractivity contribution in [3.8, 4) is 0 Å². The maximum absolute atomic E-state index is 12.1. The zero-order valence-electron chi connectivity index (χ0n) is 12.6. The van der Waals surface area contributed by atoms with Crippen LogP contribution in [0.5, 0.6) is 0 Å². The van der Waals surface area contributed by atoms with Crippen LogP contribution in [0.25, 0.3) is 0 Å². The molecule has 1 heterocycles. The number of anilines is 1. The van der Waals surface area contributed by atoms with Crippen LogP contribution in [0.3, 0.4) is 0 Å². The third-order valence-corrected chi connectivity index (χ3v) is 3.93. The van der Waals surface area contributed by atoms with Gasteiger partial charge in [0.15, 0.2) is 0 Å². The van der Waals surface area contributed by atoms with E-state index in [4.69, 9.17) is 5.11 Å². The SMILES string of the molecule is CCC(CO)NC(=O)c1ccc(N2CCCC2)c([N+](=O)[O-])c1. The molecule has 0 saturated carbocycles. The molecular weight excluding hydrogens is 286 g/mol. The standard InChI is InChI=1S/C15H21N3O4/c1-2-12(10-19)16-15(20)11-5-6-13(14(9-11)18(21)22)17-7-3-4-8-17/h5-6,9,12,19H,2-4,7-8,10H2,1H3,(H,16,20). The Kier molecular flexibility index (Phi) is 5.32. The molecule has 7 nitrogen and oxygen atoms in total. The van der Waals surface area contributed by atoms with Crippen molar-refractivity contribution in [1.82, 2.24) is 5.32 Å². The van der Waals surface area contributed by atoms with Gasteiger partial charge in [-0.2, -0.15) is 0 Å². The fourth-order valence-electron chi connectivity index (χ4n) is 2.58. The average molecular weight is 307 g/mol. The highest BCUT2D eigenvalue weighted by Crippen LogP contribution is 2.31. The van der Waals surface area contributed by atoms with Gasteiger partial charge in [0.1, 0.15) is 5.69 Å². The van der Waals surface area contributed by atoms with E-state index in [1.165, 1.54) is 6.07 Å². The molecule has 1 aromatic rings. The second kappa shape index (κ2) is 7.22. The second-order valence-corrected chi connectivity index (χ2v) is 5.42. The van der Waals surface area contributed by atoms with E-state index in [2.05, 4.69) is 5.32 Å². The maximum atomic E-state index is 12.1. The molecule has 0 radical (unpaired) electrons. The number of nitro benzene ring substituents is 1. The lowest BCUT2D eigenvalue weighted by Crippen LogP contribution is -2.37. The van der Waals surface area contributed by atoms with Gasteiger partial charge in [-0.1, -0.05) is 6.92 Å². The van der Waals surface area contributed by atoms with Gasteiger partial charge in [-0.3, -0.25) is 14.9 Å². The number of benzene rings is 1. The lowest BCUT2D eigenvalue weighted by atomic mass is 10.1. The summed E-state index contributed by atoms with van der Waals surface area (Å²) in [6.45, 7) is 3.29. The number of aliphatic hydroxyl groups is 1. The van der Waals surface area contributed by atoms with Crippen LogP contribution in [0.2, 0.25) is 0 Å². The molecule has 1 aliphatic rings. The monoisotopic (exact) mass is 307 g/mol. The molecule has 1 fully saturated rings. The summed E-state index contributed by atoms with van der Waals surface area (Å²) < 4.78 is 0. The first kappa shape index (κ1) is 16.2. The Morgan fingerprint density at radius 3 is 2.68 bits per heavy atom. The Bertz CT molecular complexity index is 552. The zero-order valence-corrected chi connectivity index (χ0v) is 12.6. The van der Waals surface area contributed by atoms with Crippen molar-refractivity contribution >= 4 is 17.3 Å². The Morgan fingerprint density at radius 1 is 1.45 bits per heavy atom. The van der Waals surface area contributed by atoms with E-state index in [9.17, 15) is 14.9 Å². The van der Waals surface area contributed by atoms with E-state index in [0.29, 0.717) is 12.1 Å². The second-order valence-electron chi connectivity index (χ2n) is 5.42. The van der Waals surface area contributed by atoms with E-state index < -0.39 is 10.8 Å². The normalized spacial score (nSPS) is 15.6. The highest BCUT2D eigenvalue weighted by Gasteiger charge is 2.24. The topological polar surface area (TPSA) is 95.7 Å². The number of rotatable bonds is 6. The molecule has 0 aliphatic carbocycles. The summed E-state index contributed by atoms with van der Waals surface area (Å²) >= 11 is 0. The Morgan fingerprint density at radius 2 is 2.14 bits per heavy atom. The summed E-state index contributed by atoms with van der Waals surface area (Å²) in [6, 6.07) is 4.20. The number of nitrogens with one attached hydrogen (secondary N) is 1. The van der Waals surface area contributed by atoms with Gasteiger partial charge < -0.3 is 15.3 Å². The van der Waals surface area contributed by atoms with E-state index in [1.807, 2.05) is 11.8 Å². The average Bonchev–Trinajstić information content (AvgIpc) is 3.05. The predicted octanol–water partition coefficient (Wildman–Crippen LogP) is 1.70. The number of carbonyl (C=O) groups excluding carboxylic acids is 1. The van der Waals surface area contributed by atoms with Crippen LogP contribution < -0.4 is 10.2 Å². The van der Waals surface area contributed by atoms with E-state index >= 15 is 0 Å². The number of carbonyl (C=O) groups is 1. The van der Waals surface area contributed by atoms with Crippen molar-refractivity contribution in [3.05, 3.63) is 33.9 Å². The van der Waals surface area contributed by atoms with Gasteiger partial charge in [0.05, 0.1) is 17.6 Å². The van der Waals surface area contributed by atoms with Crippen LogP contribution in [0.1, 0.15) is 36.5 Å². The van der Waals surface area contributed by atoms with Gasteiger partial charge in [-0.25, -0.2) is 0 Å². The molecule has 120 valence electrons. The lowest BCUT2D eigenvalue weighted by molar-refractivity contribution is -0.384. The van der Waals surface area contributed by atoms with Gasteiger partial charge >= 0.3 is 0 Å². The van der Waals surface area contributed by atoms with Crippen molar-refractivity contribution in [1.29, 1.82) is 0 Å². The van der Waals surface area contributed by atoms with Crippen LogP contribution in [0, 0.1) is 10.1 Å². The summed E-state index contributed by atoms with van der Waals surface area (Å²) in [5.74, 6) is -0.406. The molecule has 1 aliphatic heterocycles. The van der Waals surface area contributed by atoms with Crippen molar-refractivity contribution in [2.75, 3.05) is 24.6 Å². The highest BCUT2D eigenvalue weighted by molar-refractivity contribution is 5.96. The number of nitrogens with zero attached hydrogens (tertiary/aromatic N) is 2. The quantitative estimate of drug-likeness (QED) is 0.616. The lowest BCUT2D eigenvalue weighted by Gasteiger charge is -2.18. The minimum Gasteiger partial charge on any atom is -0.394 e. The van der Waals surface area contributed by atoms with Crippen LogP contribution in [-0.2, 0) is 0 Å². The summed E-state index contributed by atoms with van der Waals surface area (Å²) in [7, 11) is 0. The molecule has 0 aromatic heterocycles. The molecular formula is C15H21N3O4. The molecule has 1 saturated heterocycles. The molecule has 1 unspecified atom stereocenters. The molecule has 22 heavy (non-hydrogen) atoms. The van der Waals surface area contributed by atoms with E-state index in [-0.39, 0.29) is 23.9 Å². The van der Waals surface area contributed by atoms with Crippen molar-refractivity contribution in [2.45, 2.75) is 32.2 Å². The van der Waals surface area contributed by atoms with Crippen LogP contribution in [0.15, 0.2) is 18.2 Å². The Hall–Kier alpha value is -2.15. The van der Waals surface area contributed by atoms with Crippen molar-refractivity contribution in [3.63, 3.8) is 0 Å². The van der Waals surface area contributed by atoms with Gasteiger partial charge in [0, 0.05) is 24.7 Å². The van der Waals surface area contributed by atoms with Crippen molar-refractivity contribution < 1.29 is 14.8 Å². The molecule has 0 bridgehead atoms. The summed E-state index contributed by atoms with van der Waals surface area (Å²) in [5, 5.41) is 23.1. The highest BCUT2D eigenvalue weighted by atomic mass is 16.6. The molecule has 1 amide bonds. The third kappa shape index (κ3) is 3.54. The minimum atomic E-state index is -0.451. The Balaban J connectivity index is 2.25. The van der Waals surface area contributed by atoms with Crippen LogP contribution in [-0.4, -0.2) is 41.7 Å². The number of hydrogen-bond acceptors (Lipinski definition) is 5. The van der Waals surface area contributed by atoms with E-state index in [1.54, 1.807) is 12.1 Å². The molecule has 0 spiro atoms. The van der Waals surface area contributed by atoms with E-state index in [0.717, 1.165) is 25.9 Å². The van der Waals surface area contributed by atoms with Gasteiger partial charge in [0.25, 0.3) is 11.6 Å². The first-order valence-corrected chi connectivity index (χ1v) is 7.52. The smallest absolute Gasteiger partial charge is 0.293 e.